The van der Waals surface area contributed by atoms with Gasteiger partial charge in [-0.3, -0.25) is 4.79 Å². The van der Waals surface area contributed by atoms with Crippen molar-refractivity contribution in [3.63, 3.8) is 0 Å². The van der Waals surface area contributed by atoms with Crippen molar-refractivity contribution >= 4 is 16.8 Å². The zero-order valence-corrected chi connectivity index (χ0v) is 15.5. The van der Waals surface area contributed by atoms with Crippen LogP contribution < -0.4 is 5.32 Å². The van der Waals surface area contributed by atoms with Crippen LogP contribution in [0.4, 0.5) is 0 Å². The molecule has 4 nitrogen and oxygen atoms in total. The first-order chi connectivity index (χ1) is 11.7. The third-order valence-corrected chi connectivity index (χ3v) is 4.65. The Kier molecular flexibility index (Phi) is 6.85. The van der Waals surface area contributed by atoms with Crippen LogP contribution in [0, 0.1) is 0 Å². The molecule has 24 heavy (non-hydrogen) atoms. The highest BCUT2D eigenvalue weighted by Gasteiger charge is 2.22. The third-order valence-electron chi connectivity index (χ3n) is 4.65. The first-order valence-corrected chi connectivity index (χ1v) is 9.23. The molecule has 2 aromatic rings. The van der Waals surface area contributed by atoms with E-state index in [4.69, 9.17) is 0 Å². The van der Waals surface area contributed by atoms with E-state index in [1.807, 2.05) is 20.8 Å². The van der Waals surface area contributed by atoms with Gasteiger partial charge in [-0.25, -0.2) is 0 Å². The van der Waals surface area contributed by atoms with E-state index in [1.54, 1.807) is 0 Å². The molecule has 0 radical (unpaired) electrons. The predicted octanol–water partition coefficient (Wildman–Crippen LogP) is 3.93. The molecule has 4 heteroatoms. The number of carbonyl (C=O) groups is 1. The van der Waals surface area contributed by atoms with Crippen LogP contribution in [-0.2, 0) is 11.2 Å². The molecule has 0 aliphatic carbocycles. The van der Waals surface area contributed by atoms with Crippen LogP contribution in [0.15, 0.2) is 24.4 Å². The number of H-pyrrole nitrogens is 1. The summed E-state index contributed by atoms with van der Waals surface area (Å²) in [5.41, 5.74) is 4.02. The van der Waals surface area contributed by atoms with Crippen molar-refractivity contribution in [3.8, 4) is 0 Å². The fraction of sp³-hybridized carbons (Fsp3) is 0.550. The van der Waals surface area contributed by atoms with Gasteiger partial charge in [0, 0.05) is 44.6 Å². The maximum atomic E-state index is 11.8. The van der Waals surface area contributed by atoms with Crippen LogP contribution in [0.2, 0.25) is 0 Å². The Hall–Kier alpha value is -1.81. The lowest BCUT2D eigenvalue weighted by Gasteiger charge is -2.27. The molecule has 1 aliphatic heterocycles. The lowest BCUT2D eigenvalue weighted by atomic mass is 9.88. The monoisotopic (exact) mass is 331 g/mol. The van der Waals surface area contributed by atoms with E-state index in [-0.39, 0.29) is 7.33 Å². The summed E-state index contributed by atoms with van der Waals surface area (Å²) in [6.07, 6.45) is 4.73. The number of rotatable bonds is 4. The molecule has 0 spiro atoms. The molecule has 3 rings (SSSR count). The number of hydrogen-bond acceptors (Lipinski definition) is 2. The highest BCUT2D eigenvalue weighted by molar-refractivity contribution is 5.87. The minimum Gasteiger partial charge on any atom is -0.361 e. The van der Waals surface area contributed by atoms with E-state index < -0.39 is 0 Å². The van der Waals surface area contributed by atoms with Gasteiger partial charge in [-0.15, -0.1) is 0 Å². The number of hydrogen-bond donors (Lipinski definition) is 2. The number of amides is 1. The lowest BCUT2D eigenvalue weighted by molar-refractivity contribution is -0.121. The topological polar surface area (TPSA) is 48.1 Å². The maximum Gasteiger partial charge on any atom is 0.220 e. The molecule has 1 amide bonds. The van der Waals surface area contributed by atoms with Crippen molar-refractivity contribution in [1.29, 1.82) is 0 Å². The van der Waals surface area contributed by atoms with Crippen LogP contribution in [0.1, 0.15) is 52.1 Å². The third kappa shape index (κ3) is 4.18. The zero-order chi connectivity index (χ0) is 17.5. The Bertz CT molecular complexity index is 668. The van der Waals surface area contributed by atoms with Crippen LogP contribution in [0.5, 0.6) is 0 Å². The molecular weight excluding hydrogens is 298 g/mol. The largest absolute Gasteiger partial charge is 0.361 e. The smallest absolute Gasteiger partial charge is 0.220 e. The summed E-state index contributed by atoms with van der Waals surface area (Å²) in [6.45, 7) is 8.76. The molecule has 0 saturated carbocycles. The maximum absolute atomic E-state index is 11.8. The van der Waals surface area contributed by atoms with Gasteiger partial charge in [0.25, 0.3) is 0 Å². The summed E-state index contributed by atoms with van der Waals surface area (Å²) in [5, 5.41) is 4.29. The summed E-state index contributed by atoms with van der Waals surface area (Å²) < 4.78 is 0. The molecule has 134 valence electrons. The van der Waals surface area contributed by atoms with E-state index in [0.29, 0.717) is 18.9 Å². The Balaban J connectivity index is 0.00000101. The minimum absolute atomic E-state index is 0. The summed E-state index contributed by atoms with van der Waals surface area (Å²) in [7, 11) is 2.18. The highest BCUT2D eigenvalue weighted by Crippen LogP contribution is 2.33. The predicted molar refractivity (Wildman–Crippen MR) is 104 cm³/mol. The summed E-state index contributed by atoms with van der Waals surface area (Å²) in [6, 6.07) is 6.51. The molecule has 0 bridgehead atoms. The number of aromatic amines is 1. The summed E-state index contributed by atoms with van der Waals surface area (Å²) in [4.78, 5) is 17.6. The Morgan fingerprint density at radius 2 is 2.21 bits per heavy atom. The van der Waals surface area contributed by atoms with Crippen molar-refractivity contribution in [1.82, 2.24) is 15.2 Å². The van der Waals surface area contributed by atoms with Crippen LogP contribution in [0.3, 0.4) is 0 Å². The summed E-state index contributed by atoms with van der Waals surface area (Å²) in [5.74, 6) is 0.569. The average molecular weight is 332 g/mol. The molecule has 1 aromatic carbocycles. The number of nitrogens with zero attached hydrogens (tertiary/aromatic N) is 1. The number of likely N-dealkylation sites (N-methyl/N-ethyl adjacent to an activating group) is 1. The van der Waals surface area contributed by atoms with Crippen LogP contribution in [0.25, 0.3) is 10.9 Å². The van der Waals surface area contributed by atoms with Gasteiger partial charge in [0.1, 0.15) is 0 Å². The first-order valence-electron chi connectivity index (χ1n) is 9.23. The highest BCUT2D eigenvalue weighted by atomic mass is 16.1. The van der Waals surface area contributed by atoms with E-state index in [1.165, 1.54) is 22.0 Å². The van der Waals surface area contributed by atoms with E-state index in [9.17, 15) is 4.79 Å². The Labute approximate surface area is 147 Å². The second-order valence-corrected chi connectivity index (χ2v) is 6.29. The second kappa shape index (κ2) is 8.88. The molecule has 1 unspecified atom stereocenters. The number of carbonyl (C=O) groups excluding carboxylic acids is 1. The number of aromatic nitrogens is 1. The number of nitrogens with one attached hydrogen (secondary N) is 2. The van der Waals surface area contributed by atoms with Gasteiger partial charge in [-0.05, 0) is 49.9 Å². The Morgan fingerprint density at radius 3 is 2.96 bits per heavy atom. The van der Waals surface area contributed by atoms with Crippen LogP contribution in [-0.4, -0.2) is 42.5 Å². The van der Waals surface area contributed by atoms with Gasteiger partial charge < -0.3 is 15.2 Å². The van der Waals surface area contributed by atoms with Crippen LogP contribution >= 0.6 is 0 Å². The van der Waals surface area contributed by atoms with E-state index in [2.05, 4.69) is 46.6 Å². The Morgan fingerprint density at radius 1 is 1.42 bits per heavy atom. The van der Waals surface area contributed by atoms with Gasteiger partial charge in [-0.2, -0.15) is 0 Å². The molecule has 1 atom stereocenters. The van der Waals surface area contributed by atoms with E-state index >= 15 is 0 Å². The molecule has 1 aliphatic rings. The minimum atomic E-state index is 0. The van der Waals surface area contributed by atoms with Gasteiger partial charge in [0.15, 0.2) is 0 Å². The van der Waals surface area contributed by atoms with Crippen molar-refractivity contribution < 1.29 is 6.22 Å². The lowest BCUT2D eigenvalue weighted by Crippen LogP contribution is -2.30. The normalized spacial score (nSPS) is 17.6. The SMILES string of the molecule is CC.CCNC(=O)CCC1CN(C)CCc2c[nH]c3cccc1c23.[HH]. The van der Waals surface area contributed by atoms with Gasteiger partial charge in [0.2, 0.25) is 5.91 Å². The summed E-state index contributed by atoms with van der Waals surface area (Å²) >= 11 is 0. The molecule has 2 heterocycles. The van der Waals surface area contributed by atoms with E-state index in [0.717, 1.165) is 25.9 Å². The van der Waals surface area contributed by atoms with Crippen molar-refractivity contribution in [2.24, 2.45) is 0 Å². The number of benzene rings is 1. The molecule has 0 saturated heterocycles. The van der Waals surface area contributed by atoms with Gasteiger partial charge in [-0.1, -0.05) is 26.0 Å². The van der Waals surface area contributed by atoms with Gasteiger partial charge in [0.05, 0.1) is 0 Å². The second-order valence-electron chi connectivity index (χ2n) is 6.29. The van der Waals surface area contributed by atoms with Gasteiger partial charge >= 0.3 is 0 Å². The molecule has 1 aromatic heterocycles. The fourth-order valence-corrected chi connectivity index (χ4v) is 3.54. The van der Waals surface area contributed by atoms with Crippen molar-refractivity contribution in [3.05, 3.63) is 35.5 Å². The average Bonchev–Trinajstić information content (AvgIpc) is 3.01. The zero-order valence-electron chi connectivity index (χ0n) is 15.5. The van der Waals surface area contributed by atoms with Crippen molar-refractivity contribution in [2.75, 3.05) is 26.7 Å². The van der Waals surface area contributed by atoms with Crippen molar-refractivity contribution in [2.45, 2.75) is 46.0 Å². The fourth-order valence-electron chi connectivity index (χ4n) is 3.54. The molecular formula is C20H33N3O. The standard InChI is InChI=1S/C18H25N3O.C2H6.H2/c1-3-19-17(22)8-7-14-12-21(2)10-9-13-11-20-16-6-4-5-15(14)18(13)16;1-2;/h4-6,11,14,20H,3,7-10,12H2,1-2H3,(H,19,22);1-2H3;1H. The quantitative estimate of drug-likeness (QED) is 0.892. The first kappa shape index (κ1) is 18.5. The molecule has 0 fully saturated rings. The molecule has 2 N–H and O–H groups in total.